The third-order valence-electron chi connectivity index (χ3n) is 5.99. The van der Waals surface area contributed by atoms with Crippen LogP contribution in [0.15, 0.2) is 60.1 Å². The summed E-state index contributed by atoms with van der Waals surface area (Å²) in [5.74, 6) is -1.73. The van der Waals surface area contributed by atoms with Crippen LogP contribution in [-0.4, -0.2) is 16.8 Å². The molecule has 2 aromatic heterocycles. The summed E-state index contributed by atoms with van der Waals surface area (Å²) in [7, 11) is 0. The highest BCUT2D eigenvalue weighted by molar-refractivity contribution is 7.10. The number of benzene rings is 2. The van der Waals surface area contributed by atoms with Crippen molar-refractivity contribution in [3.05, 3.63) is 104 Å². The summed E-state index contributed by atoms with van der Waals surface area (Å²) >= 11 is 8.19. The van der Waals surface area contributed by atoms with Gasteiger partial charge >= 0.3 is 0 Å². The van der Waals surface area contributed by atoms with Gasteiger partial charge in [0.1, 0.15) is 5.82 Å². The minimum atomic E-state index is -0.717. The third kappa shape index (κ3) is 3.77. The standard InChI is InChI=1S/C26H19ClFN3O2S/c1-14-10-18(20(28)11-17(14)25(29)32)16-4-2-5-19(27)24(16)26(33)31-13-15-7-9-34-23(15)12-21-22(31)6-3-8-30-21/h2-11H,12-13H2,1H3,(H2,29,32). The van der Waals surface area contributed by atoms with E-state index in [1.165, 1.54) is 6.07 Å². The molecule has 1 aliphatic rings. The Morgan fingerprint density at radius 3 is 2.76 bits per heavy atom. The number of nitrogens with two attached hydrogens (primary N) is 1. The van der Waals surface area contributed by atoms with Crippen molar-refractivity contribution in [3.63, 3.8) is 0 Å². The van der Waals surface area contributed by atoms with E-state index in [-0.39, 0.29) is 27.6 Å². The van der Waals surface area contributed by atoms with Crippen LogP contribution < -0.4 is 10.6 Å². The summed E-state index contributed by atoms with van der Waals surface area (Å²) in [5, 5.41) is 2.21. The average Bonchev–Trinajstić information content (AvgIpc) is 3.18. The van der Waals surface area contributed by atoms with Crippen molar-refractivity contribution in [2.24, 2.45) is 5.73 Å². The molecule has 2 amide bonds. The molecule has 0 fully saturated rings. The van der Waals surface area contributed by atoms with Crippen molar-refractivity contribution in [1.29, 1.82) is 0 Å². The van der Waals surface area contributed by atoms with E-state index in [0.29, 0.717) is 29.8 Å². The Morgan fingerprint density at radius 2 is 1.97 bits per heavy atom. The van der Waals surface area contributed by atoms with Crippen molar-refractivity contribution in [1.82, 2.24) is 4.98 Å². The number of thiophene rings is 1. The summed E-state index contributed by atoms with van der Waals surface area (Å²) in [5.41, 5.74) is 9.19. The van der Waals surface area contributed by atoms with Gasteiger partial charge in [0.15, 0.2) is 0 Å². The molecule has 0 unspecified atom stereocenters. The van der Waals surface area contributed by atoms with Gasteiger partial charge in [-0.3, -0.25) is 14.6 Å². The molecule has 0 saturated heterocycles. The van der Waals surface area contributed by atoms with E-state index in [0.717, 1.165) is 22.2 Å². The van der Waals surface area contributed by atoms with Crippen molar-refractivity contribution < 1.29 is 14.0 Å². The smallest absolute Gasteiger partial charge is 0.260 e. The number of fused-ring (bicyclic) bond motifs is 2. The van der Waals surface area contributed by atoms with Gasteiger partial charge in [0.2, 0.25) is 5.91 Å². The molecule has 0 saturated carbocycles. The molecule has 34 heavy (non-hydrogen) atoms. The monoisotopic (exact) mass is 491 g/mol. The number of hydrogen-bond donors (Lipinski definition) is 1. The highest BCUT2D eigenvalue weighted by Crippen LogP contribution is 2.37. The SMILES string of the molecule is Cc1cc(-c2cccc(Cl)c2C(=O)N2Cc3ccsc3Cc3ncccc32)c(F)cc1C(N)=O. The lowest BCUT2D eigenvalue weighted by atomic mass is 9.94. The topological polar surface area (TPSA) is 76.3 Å². The number of aryl methyl sites for hydroxylation is 1. The fourth-order valence-corrected chi connectivity index (χ4v) is 5.47. The maximum atomic E-state index is 15.2. The first kappa shape index (κ1) is 22.3. The van der Waals surface area contributed by atoms with E-state index in [2.05, 4.69) is 4.98 Å². The maximum absolute atomic E-state index is 15.2. The molecule has 5 rings (SSSR count). The van der Waals surface area contributed by atoms with E-state index in [1.807, 2.05) is 17.5 Å². The molecule has 0 spiro atoms. The van der Waals surface area contributed by atoms with Crippen LogP contribution in [0.4, 0.5) is 10.1 Å². The second-order valence-corrected chi connectivity index (χ2v) is 9.49. The van der Waals surface area contributed by atoms with Crippen molar-refractivity contribution in [3.8, 4) is 11.1 Å². The van der Waals surface area contributed by atoms with Crippen LogP contribution in [0, 0.1) is 12.7 Å². The maximum Gasteiger partial charge on any atom is 0.260 e. The molecular formula is C26H19ClFN3O2S. The lowest BCUT2D eigenvalue weighted by Gasteiger charge is -2.24. The third-order valence-corrected chi connectivity index (χ3v) is 7.27. The number of primary amides is 1. The molecular weight excluding hydrogens is 473 g/mol. The summed E-state index contributed by atoms with van der Waals surface area (Å²) in [4.78, 5) is 33.0. The van der Waals surface area contributed by atoms with Gasteiger partial charge in [-0.15, -0.1) is 11.3 Å². The molecule has 0 bridgehead atoms. The zero-order valence-electron chi connectivity index (χ0n) is 18.1. The van der Waals surface area contributed by atoms with Gasteiger partial charge in [0.05, 0.1) is 28.5 Å². The Labute approximate surface area is 204 Å². The minimum Gasteiger partial charge on any atom is -0.366 e. The predicted octanol–water partition coefficient (Wildman–Crippen LogP) is 5.76. The van der Waals surface area contributed by atoms with Crippen LogP contribution in [0.2, 0.25) is 5.02 Å². The van der Waals surface area contributed by atoms with E-state index in [9.17, 15) is 9.59 Å². The first-order valence-electron chi connectivity index (χ1n) is 10.5. The number of aromatic nitrogens is 1. The first-order chi connectivity index (χ1) is 16.3. The van der Waals surface area contributed by atoms with E-state index in [4.69, 9.17) is 17.3 Å². The van der Waals surface area contributed by atoms with Crippen molar-refractivity contribution in [2.75, 3.05) is 4.90 Å². The van der Waals surface area contributed by atoms with Crippen LogP contribution in [0.3, 0.4) is 0 Å². The Balaban J connectivity index is 1.67. The number of hydrogen-bond acceptors (Lipinski definition) is 4. The molecule has 2 aromatic carbocycles. The Morgan fingerprint density at radius 1 is 1.15 bits per heavy atom. The van der Waals surface area contributed by atoms with Crippen LogP contribution in [-0.2, 0) is 13.0 Å². The molecule has 0 atom stereocenters. The number of nitrogens with zero attached hydrogens (tertiary/aromatic N) is 2. The average molecular weight is 492 g/mol. The van der Waals surface area contributed by atoms with E-state index in [1.54, 1.807) is 53.6 Å². The van der Waals surface area contributed by atoms with Crippen LogP contribution in [0.5, 0.6) is 0 Å². The molecule has 1 aliphatic heterocycles. The van der Waals surface area contributed by atoms with Gasteiger partial charge in [-0.05, 0) is 65.4 Å². The quantitative estimate of drug-likeness (QED) is 0.395. The summed E-state index contributed by atoms with van der Waals surface area (Å²) < 4.78 is 15.2. The van der Waals surface area contributed by atoms with Gasteiger partial charge in [-0.2, -0.15) is 0 Å². The number of halogens is 2. The predicted molar refractivity (Wildman–Crippen MR) is 132 cm³/mol. The zero-order valence-corrected chi connectivity index (χ0v) is 19.7. The van der Waals surface area contributed by atoms with Gasteiger partial charge < -0.3 is 10.6 Å². The fraction of sp³-hybridized carbons (Fsp3) is 0.115. The Hall–Kier alpha value is -3.55. The molecule has 5 nitrogen and oxygen atoms in total. The molecule has 3 heterocycles. The molecule has 0 aliphatic carbocycles. The minimum absolute atomic E-state index is 0.0914. The van der Waals surface area contributed by atoms with Gasteiger partial charge in [-0.1, -0.05) is 23.7 Å². The number of pyridine rings is 1. The van der Waals surface area contributed by atoms with Gasteiger partial charge in [-0.25, -0.2) is 4.39 Å². The summed E-state index contributed by atoms with van der Waals surface area (Å²) in [6.07, 6.45) is 2.34. The highest BCUT2D eigenvalue weighted by atomic mass is 35.5. The largest absolute Gasteiger partial charge is 0.366 e. The molecule has 4 aromatic rings. The normalized spacial score (nSPS) is 12.6. The van der Waals surface area contributed by atoms with Gasteiger partial charge in [0.25, 0.3) is 5.91 Å². The van der Waals surface area contributed by atoms with Crippen LogP contribution >= 0.6 is 22.9 Å². The molecule has 170 valence electrons. The van der Waals surface area contributed by atoms with Crippen molar-refractivity contribution in [2.45, 2.75) is 19.9 Å². The fourth-order valence-electron chi connectivity index (χ4n) is 4.32. The Bertz CT molecular complexity index is 1470. The van der Waals surface area contributed by atoms with Gasteiger partial charge in [0, 0.05) is 28.6 Å². The second kappa shape index (κ2) is 8.66. The van der Waals surface area contributed by atoms with Crippen LogP contribution in [0.25, 0.3) is 11.1 Å². The summed E-state index contributed by atoms with van der Waals surface area (Å²) in [6, 6.07) is 13.2. The second-order valence-electron chi connectivity index (χ2n) is 8.08. The van der Waals surface area contributed by atoms with Crippen molar-refractivity contribution >= 4 is 40.4 Å². The first-order valence-corrected chi connectivity index (χ1v) is 11.8. The molecule has 8 heteroatoms. The number of anilines is 1. The number of carbonyl (C=O) groups is 2. The lowest BCUT2D eigenvalue weighted by molar-refractivity contribution is 0.0981. The van der Waals surface area contributed by atoms with Crippen LogP contribution in [0.1, 0.15) is 42.4 Å². The number of carbonyl (C=O) groups excluding carboxylic acids is 2. The molecule has 0 radical (unpaired) electrons. The lowest BCUT2D eigenvalue weighted by Crippen LogP contribution is -2.31. The highest BCUT2D eigenvalue weighted by Gasteiger charge is 2.30. The van der Waals surface area contributed by atoms with E-state index >= 15 is 4.39 Å². The zero-order chi connectivity index (χ0) is 24.0. The van der Waals surface area contributed by atoms with E-state index < -0.39 is 11.7 Å². The number of rotatable bonds is 3. The summed E-state index contributed by atoms with van der Waals surface area (Å²) in [6.45, 7) is 2.02. The number of amides is 2. The Kier molecular flexibility index (Phi) is 5.67. The molecule has 2 N–H and O–H groups in total.